The fraction of sp³-hybridized carbons (Fsp3) is 0.158. The van der Waals surface area contributed by atoms with Gasteiger partial charge in [0.25, 0.3) is 0 Å². The van der Waals surface area contributed by atoms with Gasteiger partial charge in [-0.1, -0.05) is 30.3 Å². The summed E-state index contributed by atoms with van der Waals surface area (Å²) in [6.07, 6.45) is 4.47. The molecule has 0 bridgehead atoms. The van der Waals surface area contributed by atoms with Crippen LogP contribution in [0.25, 0.3) is 10.8 Å². The van der Waals surface area contributed by atoms with Crippen LogP contribution in [0.2, 0.25) is 0 Å². The number of pyridine rings is 1. The Labute approximate surface area is 144 Å². The van der Waals surface area contributed by atoms with E-state index in [9.17, 15) is 4.79 Å². The van der Waals surface area contributed by atoms with E-state index in [-0.39, 0.29) is 12.1 Å². The molecule has 0 saturated carbocycles. The molecule has 2 N–H and O–H groups in total. The molecule has 0 radical (unpaired) electrons. The van der Waals surface area contributed by atoms with Crippen molar-refractivity contribution < 1.29 is 4.79 Å². The maximum atomic E-state index is 12.5. The Bertz CT molecular complexity index is 891. The summed E-state index contributed by atoms with van der Waals surface area (Å²) in [4.78, 5) is 17.9. The van der Waals surface area contributed by atoms with Gasteiger partial charge in [0.15, 0.2) is 0 Å². The van der Waals surface area contributed by atoms with Crippen molar-refractivity contribution in [1.29, 1.82) is 0 Å². The molecular weight excluding hydrogens is 318 g/mol. The number of carbonyl (C=O) groups is 1. The van der Waals surface area contributed by atoms with Gasteiger partial charge in [0.2, 0.25) is 0 Å². The first-order valence-electron chi connectivity index (χ1n) is 7.93. The maximum absolute atomic E-state index is 12.5. The Morgan fingerprint density at radius 1 is 1.12 bits per heavy atom. The number of thioether (sulfide) groups is 1. The van der Waals surface area contributed by atoms with Crippen LogP contribution in [0.1, 0.15) is 18.0 Å². The molecule has 1 unspecified atom stereocenters. The molecule has 24 heavy (non-hydrogen) atoms. The van der Waals surface area contributed by atoms with Gasteiger partial charge in [-0.15, -0.1) is 11.8 Å². The number of aromatic nitrogens is 1. The number of nitrogens with one attached hydrogen (secondary N) is 2. The van der Waals surface area contributed by atoms with Gasteiger partial charge in [-0.05, 0) is 30.2 Å². The molecule has 2 aromatic carbocycles. The maximum Gasteiger partial charge on any atom is 0.319 e. The number of hydrogen-bond donors (Lipinski definition) is 2. The third-order valence-electron chi connectivity index (χ3n) is 4.19. The van der Waals surface area contributed by atoms with Crippen LogP contribution in [0.3, 0.4) is 0 Å². The molecule has 1 aromatic heterocycles. The molecule has 0 saturated heterocycles. The molecule has 120 valence electrons. The van der Waals surface area contributed by atoms with Gasteiger partial charge in [-0.2, -0.15) is 0 Å². The van der Waals surface area contributed by atoms with E-state index in [2.05, 4.69) is 27.8 Å². The molecule has 0 aliphatic carbocycles. The van der Waals surface area contributed by atoms with Gasteiger partial charge in [0.1, 0.15) is 0 Å². The number of nitrogens with zero attached hydrogens (tertiary/aromatic N) is 1. The summed E-state index contributed by atoms with van der Waals surface area (Å²) >= 11 is 1.85. The van der Waals surface area contributed by atoms with Crippen molar-refractivity contribution in [3.05, 3.63) is 66.5 Å². The minimum atomic E-state index is -0.175. The lowest BCUT2D eigenvalue weighted by Crippen LogP contribution is -2.34. The van der Waals surface area contributed by atoms with Crippen LogP contribution in [0.5, 0.6) is 0 Å². The monoisotopic (exact) mass is 335 g/mol. The molecule has 2 heterocycles. The average molecular weight is 335 g/mol. The highest BCUT2D eigenvalue weighted by Crippen LogP contribution is 2.35. The largest absolute Gasteiger partial charge is 0.331 e. The van der Waals surface area contributed by atoms with Crippen LogP contribution in [-0.4, -0.2) is 16.8 Å². The van der Waals surface area contributed by atoms with Crippen molar-refractivity contribution >= 4 is 34.3 Å². The number of benzene rings is 2. The first-order valence-corrected chi connectivity index (χ1v) is 8.92. The van der Waals surface area contributed by atoms with Gasteiger partial charge >= 0.3 is 6.03 Å². The molecule has 0 fully saturated rings. The van der Waals surface area contributed by atoms with Gasteiger partial charge in [-0.3, -0.25) is 4.98 Å². The number of amides is 2. The summed E-state index contributed by atoms with van der Waals surface area (Å²) in [7, 11) is 0. The van der Waals surface area contributed by atoms with Crippen LogP contribution in [0, 0.1) is 0 Å². The number of urea groups is 1. The van der Waals surface area contributed by atoms with E-state index in [1.165, 1.54) is 10.5 Å². The van der Waals surface area contributed by atoms with Crippen LogP contribution in [-0.2, 0) is 0 Å². The molecule has 2 amide bonds. The van der Waals surface area contributed by atoms with Crippen molar-refractivity contribution in [1.82, 2.24) is 10.3 Å². The highest BCUT2D eigenvalue weighted by Gasteiger charge is 2.22. The van der Waals surface area contributed by atoms with E-state index in [4.69, 9.17) is 0 Å². The Morgan fingerprint density at radius 3 is 3.00 bits per heavy atom. The molecule has 1 aliphatic heterocycles. The van der Waals surface area contributed by atoms with E-state index in [0.29, 0.717) is 0 Å². The summed E-state index contributed by atoms with van der Waals surface area (Å²) in [5.41, 5.74) is 2.00. The van der Waals surface area contributed by atoms with E-state index < -0.39 is 0 Å². The second-order valence-electron chi connectivity index (χ2n) is 5.73. The van der Waals surface area contributed by atoms with E-state index in [1.54, 1.807) is 12.4 Å². The molecular formula is C19H17N3OS. The fourth-order valence-electron chi connectivity index (χ4n) is 3.04. The van der Waals surface area contributed by atoms with Gasteiger partial charge in [-0.25, -0.2) is 4.79 Å². The number of rotatable bonds is 2. The zero-order chi connectivity index (χ0) is 16.4. The zero-order valence-electron chi connectivity index (χ0n) is 13.0. The minimum absolute atomic E-state index is 0.0547. The number of carbonyl (C=O) groups excluding carboxylic acids is 1. The van der Waals surface area contributed by atoms with Crippen molar-refractivity contribution in [3.63, 3.8) is 0 Å². The highest BCUT2D eigenvalue weighted by molar-refractivity contribution is 7.99. The van der Waals surface area contributed by atoms with E-state index in [0.717, 1.165) is 28.6 Å². The lowest BCUT2D eigenvalue weighted by atomic mass is 10.0. The Kier molecular flexibility index (Phi) is 4.09. The van der Waals surface area contributed by atoms with Crippen LogP contribution in [0.15, 0.2) is 65.8 Å². The molecule has 5 heteroatoms. The average Bonchev–Trinajstić information content (AvgIpc) is 2.62. The van der Waals surface area contributed by atoms with Gasteiger partial charge in [0, 0.05) is 33.8 Å². The van der Waals surface area contributed by atoms with Crippen LogP contribution >= 0.6 is 11.8 Å². The quantitative estimate of drug-likeness (QED) is 0.720. The normalized spacial score (nSPS) is 16.4. The second-order valence-corrected chi connectivity index (χ2v) is 6.87. The van der Waals surface area contributed by atoms with E-state index in [1.807, 2.05) is 48.2 Å². The Morgan fingerprint density at radius 2 is 2.04 bits per heavy atom. The van der Waals surface area contributed by atoms with Crippen molar-refractivity contribution in [2.24, 2.45) is 0 Å². The van der Waals surface area contributed by atoms with E-state index >= 15 is 0 Å². The summed E-state index contributed by atoms with van der Waals surface area (Å²) in [5.74, 6) is 1.02. The predicted octanol–water partition coefficient (Wildman–Crippen LogP) is 4.59. The summed E-state index contributed by atoms with van der Waals surface area (Å²) < 4.78 is 0. The number of hydrogen-bond acceptors (Lipinski definition) is 3. The van der Waals surface area contributed by atoms with Gasteiger partial charge in [0.05, 0.1) is 11.7 Å². The highest BCUT2D eigenvalue weighted by atomic mass is 32.2. The van der Waals surface area contributed by atoms with Crippen molar-refractivity contribution in [2.45, 2.75) is 17.4 Å². The third kappa shape index (κ3) is 2.95. The second kappa shape index (κ2) is 6.53. The SMILES string of the molecule is O=C(Nc1cccc2cnccc12)NC1CCSc2ccccc21. The Hall–Kier alpha value is -2.53. The summed E-state index contributed by atoms with van der Waals surface area (Å²) in [6, 6.07) is 15.9. The molecule has 0 spiro atoms. The first kappa shape index (κ1) is 15.0. The molecule has 4 rings (SSSR count). The molecule has 1 atom stereocenters. The molecule has 1 aliphatic rings. The van der Waals surface area contributed by atoms with Crippen molar-refractivity contribution in [3.8, 4) is 0 Å². The predicted molar refractivity (Wildman–Crippen MR) is 98.4 cm³/mol. The topological polar surface area (TPSA) is 54.0 Å². The first-order chi connectivity index (χ1) is 11.8. The Balaban J connectivity index is 1.53. The standard InChI is InChI=1S/C19H17N3OS/c23-19(21-16-6-3-4-13-12-20-10-8-14(13)16)22-17-9-11-24-18-7-2-1-5-15(17)18/h1-8,10,12,17H,9,11H2,(H2,21,22,23). The van der Waals surface area contributed by atoms with Crippen molar-refractivity contribution in [2.75, 3.05) is 11.1 Å². The number of anilines is 1. The van der Waals surface area contributed by atoms with Crippen LogP contribution in [0.4, 0.5) is 10.5 Å². The minimum Gasteiger partial charge on any atom is -0.331 e. The fourth-order valence-corrected chi connectivity index (χ4v) is 4.17. The lowest BCUT2D eigenvalue weighted by molar-refractivity contribution is 0.248. The number of fused-ring (bicyclic) bond motifs is 2. The van der Waals surface area contributed by atoms with Crippen LogP contribution < -0.4 is 10.6 Å². The molecule has 3 aromatic rings. The lowest BCUT2D eigenvalue weighted by Gasteiger charge is -2.26. The smallest absolute Gasteiger partial charge is 0.319 e. The third-order valence-corrected chi connectivity index (χ3v) is 5.32. The summed E-state index contributed by atoms with van der Waals surface area (Å²) in [6.45, 7) is 0. The van der Waals surface area contributed by atoms with Gasteiger partial charge < -0.3 is 10.6 Å². The zero-order valence-corrected chi connectivity index (χ0v) is 13.8. The summed E-state index contributed by atoms with van der Waals surface area (Å²) in [5, 5.41) is 8.08. The molecule has 4 nitrogen and oxygen atoms in total.